The quantitative estimate of drug-likeness (QED) is 0.911. The van der Waals surface area contributed by atoms with Crippen LogP contribution < -0.4 is 10.6 Å². The molecule has 0 spiro atoms. The molecule has 1 aromatic carbocycles. The van der Waals surface area contributed by atoms with Crippen molar-refractivity contribution in [1.29, 1.82) is 0 Å². The van der Waals surface area contributed by atoms with E-state index in [4.69, 9.17) is 0 Å². The molecule has 5 nitrogen and oxygen atoms in total. The average Bonchev–Trinajstić information content (AvgIpc) is 3.26. The van der Waals surface area contributed by atoms with Crippen LogP contribution in [0.2, 0.25) is 0 Å². The molecule has 0 atom stereocenters. The van der Waals surface area contributed by atoms with Gasteiger partial charge in [-0.25, -0.2) is 18.7 Å². The van der Waals surface area contributed by atoms with Gasteiger partial charge in [0.25, 0.3) is 5.91 Å². The van der Waals surface area contributed by atoms with Crippen molar-refractivity contribution in [2.75, 3.05) is 5.32 Å². The maximum atomic E-state index is 13.6. The Morgan fingerprint density at radius 3 is 2.55 bits per heavy atom. The van der Waals surface area contributed by atoms with Crippen LogP contribution in [0.4, 0.5) is 20.4 Å². The standard InChI is InChI=1S/C15H14F2N4O/c1-8-7-12(14(22)19-9-5-6-9)20-15(18-8)21-13-10(16)3-2-4-11(13)17/h2-4,7,9H,5-6H2,1H3,(H,19,22)(H,18,20,21). The number of aromatic nitrogens is 2. The van der Waals surface area contributed by atoms with Crippen LogP contribution in [0.1, 0.15) is 29.0 Å². The first-order valence-corrected chi connectivity index (χ1v) is 6.90. The van der Waals surface area contributed by atoms with Gasteiger partial charge in [-0.15, -0.1) is 0 Å². The van der Waals surface area contributed by atoms with Crippen LogP contribution in [-0.4, -0.2) is 21.9 Å². The normalized spacial score (nSPS) is 13.8. The van der Waals surface area contributed by atoms with Crippen LogP contribution in [0.25, 0.3) is 0 Å². The van der Waals surface area contributed by atoms with Crippen molar-refractivity contribution >= 4 is 17.5 Å². The third-order valence-electron chi connectivity index (χ3n) is 3.20. The van der Waals surface area contributed by atoms with Crippen LogP contribution in [0.5, 0.6) is 0 Å². The monoisotopic (exact) mass is 304 g/mol. The van der Waals surface area contributed by atoms with Crippen LogP contribution >= 0.6 is 0 Å². The minimum absolute atomic E-state index is 0.0232. The van der Waals surface area contributed by atoms with Gasteiger partial charge in [-0.3, -0.25) is 4.79 Å². The summed E-state index contributed by atoms with van der Waals surface area (Å²) in [5.74, 6) is -1.85. The zero-order valence-corrected chi connectivity index (χ0v) is 11.9. The van der Waals surface area contributed by atoms with E-state index in [1.54, 1.807) is 6.92 Å². The molecule has 1 fully saturated rings. The molecule has 1 amide bonds. The smallest absolute Gasteiger partial charge is 0.270 e. The zero-order valence-electron chi connectivity index (χ0n) is 11.9. The lowest BCUT2D eigenvalue weighted by Gasteiger charge is -2.09. The van der Waals surface area contributed by atoms with Crippen molar-refractivity contribution in [2.24, 2.45) is 0 Å². The average molecular weight is 304 g/mol. The first-order valence-electron chi connectivity index (χ1n) is 6.90. The number of amides is 1. The van der Waals surface area contributed by atoms with E-state index in [1.807, 2.05) is 0 Å². The number of aryl methyl sites for hydroxylation is 1. The molecule has 2 N–H and O–H groups in total. The molecule has 22 heavy (non-hydrogen) atoms. The first-order chi connectivity index (χ1) is 10.5. The summed E-state index contributed by atoms with van der Waals surface area (Å²) in [4.78, 5) is 20.1. The van der Waals surface area contributed by atoms with Crippen LogP contribution in [0.3, 0.4) is 0 Å². The highest BCUT2D eigenvalue weighted by atomic mass is 19.1. The van der Waals surface area contributed by atoms with Crippen molar-refractivity contribution in [3.63, 3.8) is 0 Å². The topological polar surface area (TPSA) is 66.9 Å². The lowest BCUT2D eigenvalue weighted by Crippen LogP contribution is -2.26. The molecular weight excluding hydrogens is 290 g/mol. The summed E-state index contributed by atoms with van der Waals surface area (Å²) >= 11 is 0. The summed E-state index contributed by atoms with van der Waals surface area (Å²) in [6.07, 6.45) is 1.92. The van der Waals surface area contributed by atoms with Crippen molar-refractivity contribution in [1.82, 2.24) is 15.3 Å². The molecule has 1 saturated carbocycles. The Kier molecular flexibility index (Phi) is 3.70. The summed E-state index contributed by atoms with van der Waals surface area (Å²) in [6, 6.07) is 5.24. The Balaban J connectivity index is 1.87. The number of hydrogen-bond acceptors (Lipinski definition) is 4. The zero-order chi connectivity index (χ0) is 15.7. The number of nitrogens with zero attached hydrogens (tertiary/aromatic N) is 2. The Morgan fingerprint density at radius 2 is 1.91 bits per heavy atom. The van der Waals surface area contributed by atoms with Gasteiger partial charge in [-0.1, -0.05) is 6.07 Å². The molecule has 114 valence electrons. The van der Waals surface area contributed by atoms with Crippen molar-refractivity contribution in [3.8, 4) is 0 Å². The van der Waals surface area contributed by atoms with Crippen molar-refractivity contribution in [2.45, 2.75) is 25.8 Å². The number of para-hydroxylation sites is 1. The molecule has 0 aliphatic heterocycles. The van der Waals surface area contributed by atoms with Crippen LogP contribution in [0.15, 0.2) is 24.3 Å². The summed E-state index contributed by atoms with van der Waals surface area (Å²) < 4.78 is 27.3. The number of carbonyl (C=O) groups is 1. The Morgan fingerprint density at radius 1 is 1.23 bits per heavy atom. The fraction of sp³-hybridized carbons (Fsp3) is 0.267. The number of anilines is 2. The molecule has 1 heterocycles. The molecule has 2 aromatic rings. The molecule has 0 saturated heterocycles. The number of benzene rings is 1. The number of carbonyl (C=O) groups excluding carboxylic acids is 1. The fourth-order valence-electron chi connectivity index (χ4n) is 1.96. The van der Waals surface area contributed by atoms with Gasteiger partial charge in [0.2, 0.25) is 5.95 Å². The molecular formula is C15H14F2N4O. The van der Waals surface area contributed by atoms with E-state index in [0.29, 0.717) is 5.69 Å². The highest BCUT2D eigenvalue weighted by Crippen LogP contribution is 2.22. The molecule has 7 heteroatoms. The second kappa shape index (κ2) is 5.67. The summed E-state index contributed by atoms with van der Waals surface area (Å²) in [7, 11) is 0. The van der Waals surface area contributed by atoms with E-state index >= 15 is 0 Å². The van der Waals surface area contributed by atoms with Crippen LogP contribution in [0, 0.1) is 18.6 Å². The molecule has 0 bridgehead atoms. The molecule has 3 rings (SSSR count). The summed E-state index contributed by atoms with van der Waals surface area (Å²) in [5, 5.41) is 5.30. The van der Waals surface area contributed by atoms with Gasteiger partial charge in [0.05, 0.1) is 0 Å². The minimum atomic E-state index is -0.755. The number of nitrogens with one attached hydrogen (secondary N) is 2. The fourth-order valence-corrected chi connectivity index (χ4v) is 1.96. The van der Waals surface area contributed by atoms with Crippen LogP contribution in [-0.2, 0) is 0 Å². The molecule has 0 unspecified atom stereocenters. The van der Waals surface area contributed by atoms with Gasteiger partial charge in [0, 0.05) is 11.7 Å². The molecule has 1 aromatic heterocycles. The van der Waals surface area contributed by atoms with E-state index in [9.17, 15) is 13.6 Å². The highest BCUT2D eigenvalue weighted by molar-refractivity contribution is 5.93. The van der Waals surface area contributed by atoms with Gasteiger partial charge < -0.3 is 10.6 Å². The third-order valence-corrected chi connectivity index (χ3v) is 3.20. The van der Waals surface area contributed by atoms with E-state index in [-0.39, 0.29) is 29.3 Å². The molecule has 0 radical (unpaired) electrons. The number of hydrogen-bond donors (Lipinski definition) is 2. The predicted octanol–water partition coefficient (Wildman–Crippen LogP) is 2.70. The van der Waals surface area contributed by atoms with E-state index in [0.717, 1.165) is 25.0 Å². The number of rotatable bonds is 4. The largest absolute Gasteiger partial charge is 0.348 e. The third kappa shape index (κ3) is 3.19. The second-order valence-corrected chi connectivity index (χ2v) is 5.19. The molecule has 1 aliphatic rings. The molecule has 1 aliphatic carbocycles. The Bertz CT molecular complexity index is 711. The van der Waals surface area contributed by atoms with Gasteiger partial charge in [0.15, 0.2) is 0 Å². The van der Waals surface area contributed by atoms with E-state index < -0.39 is 11.6 Å². The summed E-state index contributed by atoms with van der Waals surface area (Å²) in [5.41, 5.74) is 0.343. The van der Waals surface area contributed by atoms with Gasteiger partial charge in [0.1, 0.15) is 23.0 Å². The maximum Gasteiger partial charge on any atom is 0.270 e. The second-order valence-electron chi connectivity index (χ2n) is 5.19. The minimum Gasteiger partial charge on any atom is -0.348 e. The van der Waals surface area contributed by atoms with Gasteiger partial charge in [-0.05, 0) is 38.0 Å². The Labute approximate surface area is 125 Å². The maximum absolute atomic E-state index is 13.6. The van der Waals surface area contributed by atoms with E-state index in [2.05, 4.69) is 20.6 Å². The highest BCUT2D eigenvalue weighted by Gasteiger charge is 2.24. The lowest BCUT2D eigenvalue weighted by molar-refractivity contribution is 0.0946. The van der Waals surface area contributed by atoms with Crippen molar-refractivity contribution in [3.05, 3.63) is 47.3 Å². The Hall–Kier alpha value is -2.57. The van der Waals surface area contributed by atoms with Crippen molar-refractivity contribution < 1.29 is 13.6 Å². The predicted molar refractivity (Wildman–Crippen MR) is 76.9 cm³/mol. The SMILES string of the molecule is Cc1cc(C(=O)NC2CC2)nc(Nc2c(F)cccc2F)n1. The number of halogens is 2. The summed E-state index contributed by atoms with van der Waals surface area (Å²) in [6.45, 7) is 1.68. The lowest BCUT2D eigenvalue weighted by atomic mass is 10.3. The van der Waals surface area contributed by atoms with E-state index in [1.165, 1.54) is 12.1 Å². The first kappa shape index (κ1) is 14.4. The van der Waals surface area contributed by atoms with Gasteiger partial charge in [-0.2, -0.15) is 0 Å². The van der Waals surface area contributed by atoms with Gasteiger partial charge >= 0.3 is 0 Å².